The van der Waals surface area contributed by atoms with Gasteiger partial charge in [0.15, 0.2) is 0 Å². The molecule has 0 radical (unpaired) electrons. The van der Waals surface area contributed by atoms with Gasteiger partial charge >= 0.3 is 5.97 Å². The third-order valence-electron chi connectivity index (χ3n) is 2.29. The minimum Gasteiger partial charge on any atom is -0.465 e. The lowest BCUT2D eigenvalue weighted by molar-refractivity contribution is -0.145. The summed E-state index contributed by atoms with van der Waals surface area (Å²) in [5.41, 5.74) is 0.967. The van der Waals surface area contributed by atoms with Crippen LogP contribution in [0.15, 0.2) is 30.3 Å². The van der Waals surface area contributed by atoms with Gasteiger partial charge in [-0.15, -0.1) is 0 Å². The molecule has 4 heteroatoms. The van der Waals surface area contributed by atoms with Crippen molar-refractivity contribution < 1.29 is 9.53 Å². The van der Waals surface area contributed by atoms with E-state index >= 15 is 0 Å². The van der Waals surface area contributed by atoms with E-state index in [0.717, 1.165) is 12.0 Å². The van der Waals surface area contributed by atoms with Crippen LogP contribution in [0.2, 0.25) is 0 Å². The zero-order chi connectivity index (χ0) is 13.6. The molecule has 0 saturated carbocycles. The first kappa shape index (κ1) is 15.2. The topological polar surface area (TPSA) is 26.3 Å². The van der Waals surface area contributed by atoms with Crippen molar-refractivity contribution in [2.75, 3.05) is 6.61 Å². The molecule has 0 bridgehead atoms. The SMILES string of the molecule is CCCOC(=O)C(C)(C)SC(=S)c1ccccc1. The molecular formula is C14H18O2S2. The molecule has 0 aromatic heterocycles. The third kappa shape index (κ3) is 4.42. The van der Waals surface area contributed by atoms with Crippen molar-refractivity contribution in [3.63, 3.8) is 0 Å². The van der Waals surface area contributed by atoms with Gasteiger partial charge in [-0.05, 0) is 25.8 Å². The number of carbonyl (C=O) groups is 1. The Morgan fingerprint density at radius 1 is 1.33 bits per heavy atom. The minimum atomic E-state index is -0.651. The van der Waals surface area contributed by atoms with E-state index < -0.39 is 4.75 Å². The molecule has 0 spiro atoms. The van der Waals surface area contributed by atoms with Gasteiger partial charge in [-0.3, -0.25) is 4.79 Å². The molecule has 1 rings (SSSR count). The molecule has 0 unspecified atom stereocenters. The Hall–Kier alpha value is -0.870. The molecule has 1 aromatic rings. The first-order valence-corrected chi connectivity index (χ1v) is 7.15. The van der Waals surface area contributed by atoms with E-state index in [1.165, 1.54) is 11.8 Å². The Morgan fingerprint density at radius 2 is 1.94 bits per heavy atom. The monoisotopic (exact) mass is 282 g/mol. The van der Waals surface area contributed by atoms with E-state index in [1.54, 1.807) is 0 Å². The van der Waals surface area contributed by atoms with Gasteiger partial charge < -0.3 is 4.74 Å². The van der Waals surface area contributed by atoms with Crippen molar-refractivity contribution >= 4 is 34.1 Å². The first-order chi connectivity index (χ1) is 8.47. The summed E-state index contributed by atoms with van der Waals surface area (Å²) in [6.07, 6.45) is 0.829. The molecule has 0 aliphatic carbocycles. The lowest BCUT2D eigenvalue weighted by atomic mass is 10.2. The van der Waals surface area contributed by atoms with Crippen LogP contribution in [-0.4, -0.2) is 21.5 Å². The molecule has 0 fully saturated rings. The van der Waals surface area contributed by atoms with E-state index in [2.05, 4.69) is 0 Å². The molecule has 0 atom stereocenters. The fourth-order valence-corrected chi connectivity index (χ4v) is 2.90. The molecule has 2 nitrogen and oxygen atoms in total. The summed E-state index contributed by atoms with van der Waals surface area (Å²) in [4.78, 5) is 11.9. The predicted molar refractivity (Wildman–Crippen MR) is 81.1 cm³/mol. The van der Waals surface area contributed by atoms with Crippen LogP contribution in [0.25, 0.3) is 0 Å². The van der Waals surface area contributed by atoms with Crippen molar-refractivity contribution in [2.24, 2.45) is 0 Å². The minimum absolute atomic E-state index is 0.215. The molecule has 1 aromatic carbocycles. The van der Waals surface area contributed by atoms with Gasteiger partial charge in [-0.1, -0.05) is 61.2 Å². The molecule has 0 aliphatic rings. The summed E-state index contributed by atoms with van der Waals surface area (Å²) in [6.45, 7) is 6.11. The lowest BCUT2D eigenvalue weighted by Crippen LogP contribution is -2.31. The molecule has 18 heavy (non-hydrogen) atoms. The van der Waals surface area contributed by atoms with Gasteiger partial charge in [0.1, 0.15) is 4.75 Å². The number of hydrogen-bond donors (Lipinski definition) is 0. The van der Waals surface area contributed by atoms with Crippen molar-refractivity contribution in [1.82, 2.24) is 0 Å². The van der Waals surface area contributed by atoms with E-state index in [1.807, 2.05) is 51.1 Å². The summed E-state index contributed by atoms with van der Waals surface area (Å²) >= 11 is 6.73. The van der Waals surface area contributed by atoms with Crippen LogP contribution in [0.3, 0.4) is 0 Å². The maximum atomic E-state index is 11.9. The molecule has 98 valence electrons. The van der Waals surface area contributed by atoms with Crippen molar-refractivity contribution in [1.29, 1.82) is 0 Å². The molecule has 0 aliphatic heterocycles. The lowest BCUT2D eigenvalue weighted by Gasteiger charge is -2.22. The Morgan fingerprint density at radius 3 is 2.50 bits per heavy atom. The highest BCUT2D eigenvalue weighted by Crippen LogP contribution is 2.30. The Bertz CT molecular complexity index is 413. The molecule has 0 saturated heterocycles. The summed E-state index contributed by atoms with van der Waals surface area (Å²) in [6, 6.07) is 9.71. The largest absolute Gasteiger partial charge is 0.465 e. The zero-order valence-corrected chi connectivity index (χ0v) is 12.6. The maximum absolute atomic E-state index is 11.9. The summed E-state index contributed by atoms with van der Waals surface area (Å²) in [5.74, 6) is -0.215. The van der Waals surface area contributed by atoms with Gasteiger partial charge in [0.2, 0.25) is 0 Å². The number of benzene rings is 1. The standard InChI is InChI=1S/C14H18O2S2/c1-4-10-16-13(15)14(2,3)18-12(17)11-8-6-5-7-9-11/h5-9H,4,10H2,1-3H3. The number of ether oxygens (including phenoxy) is 1. The smallest absolute Gasteiger partial charge is 0.322 e. The predicted octanol–water partition coefficient (Wildman–Crippen LogP) is 3.83. The average Bonchev–Trinajstić information content (AvgIpc) is 2.36. The van der Waals surface area contributed by atoms with Crippen molar-refractivity contribution in [2.45, 2.75) is 31.9 Å². The van der Waals surface area contributed by atoms with Crippen LogP contribution in [0.5, 0.6) is 0 Å². The van der Waals surface area contributed by atoms with Crippen LogP contribution in [0, 0.1) is 0 Å². The van der Waals surface area contributed by atoms with Crippen LogP contribution in [0.1, 0.15) is 32.8 Å². The Balaban J connectivity index is 2.65. The van der Waals surface area contributed by atoms with Gasteiger partial charge in [0, 0.05) is 0 Å². The fourth-order valence-electron chi connectivity index (χ4n) is 1.28. The van der Waals surface area contributed by atoms with Gasteiger partial charge in [-0.2, -0.15) is 0 Å². The second-order valence-electron chi connectivity index (χ2n) is 4.40. The first-order valence-electron chi connectivity index (χ1n) is 5.93. The highest BCUT2D eigenvalue weighted by atomic mass is 32.2. The van der Waals surface area contributed by atoms with E-state index in [4.69, 9.17) is 17.0 Å². The number of thiocarbonyl (C=S) groups is 1. The molecule has 0 amide bonds. The van der Waals surface area contributed by atoms with Crippen LogP contribution in [0.4, 0.5) is 0 Å². The normalized spacial score (nSPS) is 11.1. The van der Waals surface area contributed by atoms with Gasteiger partial charge in [0.05, 0.1) is 10.8 Å². The summed E-state index contributed by atoms with van der Waals surface area (Å²) < 4.78 is 5.24. The number of thioether (sulfide) groups is 1. The Kier molecular flexibility index (Phi) is 5.82. The van der Waals surface area contributed by atoms with E-state index in [9.17, 15) is 4.79 Å². The highest BCUT2D eigenvalue weighted by Gasteiger charge is 2.31. The van der Waals surface area contributed by atoms with Gasteiger partial charge in [0.25, 0.3) is 0 Å². The number of esters is 1. The van der Waals surface area contributed by atoms with Crippen LogP contribution in [-0.2, 0) is 9.53 Å². The summed E-state index contributed by atoms with van der Waals surface area (Å²) in [7, 11) is 0. The maximum Gasteiger partial charge on any atom is 0.322 e. The van der Waals surface area contributed by atoms with Crippen molar-refractivity contribution in [3.05, 3.63) is 35.9 Å². The molecule has 0 N–H and O–H groups in total. The van der Waals surface area contributed by atoms with Crippen LogP contribution >= 0.6 is 24.0 Å². The number of carbonyl (C=O) groups excluding carboxylic acids is 1. The summed E-state index contributed by atoms with van der Waals surface area (Å²) in [5, 5.41) is 0. The second kappa shape index (κ2) is 6.90. The molecule has 0 heterocycles. The third-order valence-corrected chi connectivity index (χ3v) is 3.87. The van der Waals surface area contributed by atoms with Gasteiger partial charge in [-0.25, -0.2) is 0 Å². The van der Waals surface area contributed by atoms with Crippen molar-refractivity contribution in [3.8, 4) is 0 Å². The zero-order valence-electron chi connectivity index (χ0n) is 10.9. The number of hydrogen-bond acceptors (Lipinski definition) is 4. The highest BCUT2D eigenvalue weighted by molar-refractivity contribution is 8.24. The second-order valence-corrected chi connectivity index (χ2v) is 6.70. The Labute approximate surface area is 118 Å². The molecular weight excluding hydrogens is 264 g/mol. The van der Waals surface area contributed by atoms with E-state index in [0.29, 0.717) is 10.8 Å². The fraction of sp³-hybridized carbons (Fsp3) is 0.429. The van der Waals surface area contributed by atoms with Crippen LogP contribution < -0.4 is 0 Å². The number of rotatable bonds is 5. The average molecular weight is 282 g/mol. The van der Waals surface area contributed by atoms with E-state index in [-0.39, 0.29) is 5.97 Å². The quantitative estimate of drug-likeness (QED) is 0.605.